The molecule has 0 saturated carbocycles. The van der Waals surface area contributed by atoms with Crippen molar-refractivity contribution in [3.63, 3.8) is 0 Å². The maximum Gasteiger partial charge on any atom is 0.241 e. The molecule has 0 spiro atoms. The standard InChI is InChI=1S/C17H25N3O/c21-17(14-19-12-4-5-13-19)20(15-6-2-1-3-7-15)16-8-10-18-11-9-16/h1-3,6-7,16,18H,4-5,8-14H2. The van der Waals surface area contributed by atoms with Gasteiger partial charge >= 0.3 is 0 Å². The predicted octanol–water partition coefficient (Wildman–Crippen LogP) is 1.87. The van der Waals surface area contributed by atoms with Gasteiger partial charge in [0.2, 0.25) is 5.91 Å². The molecule has 2 aliphatic heterocycles. The fourth-order valence-electron chi connectivity index (χ4n) is 3.42. The van der Waals surface area contributed by atoms with E-state index in [1.807, 2.05) is 18.2 Å². The van der Waals surface area contributed by atoms with Crippen LogP contribution in [0.2, 0.25) is 0 Å². The monoisotopic (exact) mass is 287 g/mol. The Morgan fingerprint density at radius 2 is 1.81 bits per heavy atom. The van der Waals surface area contributed by atoms with E-state index in [1.54, 1.807) is 0 Å². The molecule has 2 fully saturated rings. The van der Waals surface area contributed by atoms with E-state index < -0.39 is 0 Å². The Morgan fingerprint density at radius 3 is 2.48 bits per heavy atom. The first-order valence-corrected chi connectivity index (χ1v) is 8.15. The van der Waals surface area contributed by atoms with E-state index in [0.717, 1.165) is 44.7 Å². The average Bonchev–Trinajstić information content (AvgIpc) is 3.02. The number of para-hydroxylation sites is 1. The number of piperidine rings is 1. The molecule has 114 valence electrons. The number of benzene rings is 1. The molecule has 0 unspecified atom stereocenters. The number of hydrogen-bond donors (Lipinski definition) is 1. The van der Waals surface area contributed by atoms with Crippen LogP contribution in [-0.4, -0.2) is 49.6 Å². The zero-order valence-electron chi connectivity index (χ0n) is 12.6. The molecule has 3 rings (SSSR count). The van der Waals surface area contributed by atoms with Crippen molar-refractivity contribution in [3.8, 4) is 0 Å². The van der Waals surface area contributed by atoms with E-state index in [4.69, 9.17) is 0 Å². The minimum absolute atomic E-state index is 0.259. The maximum absolute atomic E-state index is 12.9. The van der Waals surface area contributed by atoms with Crippen LogP contribution in [0, 0.1) is 0 Å². The summed E-state index contributed by atoms with van der Waals surface area (Å²) < 4.78 is 0. The first-order chi connectivity index (χ1) is 10.3. The zero-order chi connectivity index (χ0) is 14.5. The Balaban J connectivity index is 1.75. The summed E-state index contributed by atoms with van der Waals surface area (Å²) in [5.74, 6) is 0.259. The van der Waals surface area contributed by atoms with Gasteiger partial charge in [0.05, 0.1) is 6.54 Å². The van der Waals surface area contributed by atoms with E-state index in [0.29, 0.717) is 12.6 Å². The Labute approximate surface area is 127 Å². The molecule has 2 aliphatic rings. The molecule has 0 aliphatic carbocycles. The lowest BCUT2D eigenvalue weighted by molar-refractivity contribution is -0.120. The van der Waals surface area contributed by atoms with E-state index in [9.17, 15) is 4.79 Å². The third-order valence-electron chi connectivity index (χ3n) is 4.53. The lowest BCUT2D eigenvalue weighted by Crippen LogP contribution is -2.49. The number of likely N-dealkylation sites (tertiary alicyclic amines) is 1. The summed E-state index contributed by atoms with van der Waals surface area (Å²) in [6.07, 6.45) is 4.54. The van der Waals surface area contributed by atoms with Crippen LogP contribution in [-0.2, 0) is 4.79 Å². The van der Waals surface area contributed by atoms with Gasteiger partial charge in [0.15, 0.2) is 0 Å². The van der Waals surface area contributed by atoms with Crippen LogP contribution in [0.5, 0.6) is 0 Å². The molecule has 0 bridgehead atoms. The summed E-state index contributed by atoms with van der Waals surface area (Å²) >= 11 is 0. The van der Waals surface area contributed by atoms with Crippen LogP contribution in [0.3, 0.4) is 0 Å². The van der Waals surface area contributed by atoms with Crippen molar-refractivity contribution in [1.82, 2.24) is 10.2 Å². The van der Waals surface area contributed by atoms with Crippen molar-refractivity contribution in [2.24, 2.45) is 0 Å². The highest BCUT2D eigenvalue weighted by atomic mass is 16.2. The molecule has 0 aromatic heterocycles. The number of carbonyl (C=O) groups excluding carboxylic acids is 1. The van der Waals surface area contributed by atoms with Crippen molar-refractivity contribution in [3.05, 3.63) is 30.3 Å². The van der Waals surface area contributed by atoms with Crippen molar-refractivity contribution < 1.29 is 4.79 Å². The van der Waals surface area contributed by atoms with Crippen molar-refractivity contribution in [1.29, 1.82) is 0 Å². The van der Waals surface area contributed by atoms with E-state index in [-0.39, 0.29) is 5.91 Å². The molecule has 0 atom stereocenters. The van der Waals surface area contributed by atoms with E-state index >= 15 is 0 Å². The number of nitrogens with one attached hydrogen (secondary N) is 1. The number of rotatable bonds is 4. The van der Waals surface area contributed by atoms with Gasteiger partial charge in [0.25, 0.3) is 0 Å². The van der Waals surface area contributed by atoms with Gasteiger partial charge in [-0.2, -0.15) is 0 Å². The molecule has 1 amide bonds. The molecule has 4 heteroatoms. The number of anilines is 1. The molecule has 1 aromatic carbocycles. The third-order valence-corrected chi connectivity index (χ3v) is 4.53. The molecule has 2 saturated heterocycles. The number of amides is 1. The summed E-state index contributed by atoms with van der Waals surface area (Å²) in [4.78, 5) is 17.2. The molecule has 21 heavy (non-hydrogen) atoms. The Morgan fingerprint density at radius 1 is 1.14 bits per heavy atom. The lowest BCUT2D eigenvalue weighted by Gasteiger charge is -2.35. The zero-order valence-corrected chi connectivity index (χ0v) is 12.6. The normalized spacial score (nSPS) is 20.6. The summed E-state index contributed by atoms with van der Waals surface area (Å²) in [6, 6.07) is 10.5. The van der Waals surface area contributed by atoms with Gasteiger partial charge < -0.3 is 10.2 Å². The minimum atomic E-state index is 0.259. The second-order valence-corrected chi connectivity index (χ2v) is 6.06. The van der Waals surface area contributed by atoms with Crippen LogP contribution < -0.4 is 10.2 Å². The third kappa shape index (κ3) is 3.63. The predicted molar refractivity (Wildman–Crippen MR) is 85.5 cm³/mol. The molecule has 1 aromatic rings. The molecular weight excluding hydrogens is 262 g/mol. The number of carbonyl (C=O) groups is 1. The highest BCUT2D eigenvalue weighted by Crippen LogP contribution is 2.22. The largest absolute Gasteiger partial charge is 0.317 e. The quantitative estimate of drug-likeness (QED) is 0.918. The Kier molecular flexibility index (Phi) is 4.88. The average molecular weight is 287 g/mol. The van der Waals surface area contributed by atoms with E-state index in [2.05, 4.69) is 27.2 Å². The Hall–Kier alpha value is -1.39. The molecule has 0 radical (unpaired) electrons. The molecular formula is C17H25N3O. The molecule has 1 N–H and O–H groups in total. The smallest absolute Gasteiger partial charge is 0.241 e. The summed E-state index contributed by atoms with van der Waals surface area (Å²) in [5, 5.41) is 3.38. The van der Waals surface area contributed by atoms with Crippen molar-refractivity contribution >= 4 is 11.6 Å². The summed E-state index contributed by atoms with van der Waals surface area (Å²) in [6.45, 7) is 4.72. The SMILES string of the molecule is O=C(CN1CCCC1)N(c1ccccc1)C1CCNCC1. The first-order valence-electron chi connectivity index (χ1n) is 8.15. The highest BCUT2D eigenvalue weighted by Gasteiger charge is 2.28. The van der Waals surface area contributed by atoms with Crippen LogP contribution in [0.1, 0.15) is 25.7 Å². The highest BCUT2D eigenvalue weighted by molar-refractivity contribution is 5.95. The van der Waals surface area contributed by atoms with Crippen LogP contribution >= 0.6 is 0 Å². The minimum Gasteiger partial charge on any atom is -0.317 e. The fraction of sp³-hybridized carbons (Fsp3) is 0.588. The first kappa shape index (κ1) is 14.5. The topological polar surface area (TPSA) is 35.6 Å². The Bertz CT molecular complexity index is 450. The second kappa shape index (κ2) is 7.05. The number of nitrogens with zero attached hydrogens (tertiary/aromatic N) is 2. The summed E-state index contributed by atoms with van der Waals surface area (Å²) in [5.41, 5.74) is 1.05. The van der Waals surface area contributed by atoms with Crippen LogP contribution in [0.4, 0.5) is 5.69 Å². The van der Waals surface area contributed by atoms with Gasteiger partial charge in [0.1, 0.15) is 0 Å². The second-order valence-electron chi connectivity index (χ2n) is 6.06. The summed E-state index contributed by atoms with van der Waals surface area (Å²) in [7, 11) is 0. The lowest BCUT2D eigenvalue weighted by atomic mass is 10.0. The van der Waals surface area contributed by atoms with Gasteiger partial charge in [-0.05, 0) is 64.0 Å². The van der Waals surface area contributed by atoms with Crippen molar-refractivity contribution in [2.75, 3.05) is 37.6 Å². The van der Waals surface area contributed by atoms with Gasteiger partial charge in [0, 0.05) is 11.7 Å². The van der Waals surface area contributed by atoms with Gasteiger partial charge in [-0.15, -0.1) is 0 Å². The molecule has 4 nitrogen and oxygen atoms in total. The van der Waals surface area contributed by atoms with Gasteiger partial charge in [-0.3, -0.25) is 9.69 Å². The van der Waals surface area contributed by atoms with Crippen molar-refractivity contribution in [2.45, 2.75) is 31.7 Å². The maximum atomic E-state index is 12.9. The van der Waals surface area contributed by atoms with Gasteiger partial charge in [-0.1, -0.05) is 18.2 Å². The van der Waals surface area contributed by atoms with E-state index in [1.165, 1.54) is 12.8 Å². The number of hydrogen-bond acceptors (Lipinski definition) is 3. The van der Waals surface area contributed by atoms with Crippen LogP contribution in [0.15, 0.2) is 30.3 Å². The van der Waals surface area contributed by atoms with Gasteiger partial charge in [-0.25, -0.2) is 0 Å². The van der Waals surface area contributed by atoms with Crippen LogP contribution in [0.25, 0.3) is 0 Å². The molecule has 2 heterocycles. The fourth-order valence-corrected chi connectivity index (χ4v) is 3.42.